The maximum Gasteiger partial charge on any atom is 0.225 e. The summed E-state index contributed by atoms with van der Waals surface area (Å²) in [5.41, 5.74) is -0.185. The minimum atomic E-state index is -0.185. The van der Waals surface area contributed by atoms with Crippen LogP contribution in [0.3, 0.4) is 0 Å². The van der Waals surface area contributed by atoms with Gasteiger partial charge in [0.05, 0.1) is 5.60 Å². The van der Waals surface area contributed by atoms with Crippen molar-refractivity contribution in [1.82, 2.24) is 15.5 Å². The molecular formula is C19H35IN4O3. The second kappa shape index (κ2) is 10.8. The molecule has 0 spiro atoms. The highest BCUT2D eigenvalue weighted by Crippen LogP contribution is 2.28. The predicted molar refractivity (Wildman–Crippen MR) is 117 cm³/mol. The molecule has 2 heterocycles. The van der Waals surface area contributed by atoms with Crippen molar-refractivity contribution in [1.29, 1.82) is 0 Å². The van der Waals surface area contributed by atoms with Crippen molar-refractivity contribution in [2.45, 2.75) is 56.6 Å². The average Bonchev–Trinajstić information content (AvgIpc) is 3.37. The molecule has 1 saturated carbocycles. The normalized spacial score (nSPS) is 25.9. The van der Waals surface area contributed by atoms with E-state index < -0.39 is 0 Å². The lowest BCUT2D eigenvalue weighted by molar-refractivity contribution is -0.134. The molecule has 3 fully saturated rings. The van der Waals surface area contributed by atoms with E-state index in [1.807, 2.05) is 4.90 Å². The molecule has 1 aliphatic carbocycles. The lowest BCUT2D eigenvalue weighted by Crippen LogP contribution is -2.52. The van der Waals surface area contributed by atoms with E-state index in [9.17, 15) is 4.79 Å². The van der Waals surface area contributed by atoms with E-state index in [1.54, 1.807) is 14.2 Å². The van der Waals surface area contributed by atoms with E-state index in [2.05, 4.69) is 15.6 Å². The highest BCUT2D eigenvalue weighted by atomic mass is 127. The monoisotopic (exact) mass is 494 g/mol. The Morgan fingerprint density at radius 2 is 1.96 bits per heavy atom. The smallest absolute Gasteiger partial charge is 0.225 e. The molecule has 0 aromatic rings. The van der Waals surface area contributed by atoms with Gasteiger partial charge in [-0.05, 0) is 19.3 Å². The van der Waals surface area contributed by atoms with Crippen LogP contribution in [-0.4, -0.2) is 75.4 Å². The van der Waals surface area contributed by atoms with Crippen LogP contribution in [0, 0.1) is 5.92 Å². The fourth-order valence-electron chi connectivity index (χ4n) is 4.34. The van der Waals surface area contributed by atoms with Crippen LogP contribution in [0.25, 0.3) is 0 Å². The first-order valence-corrected chi connectivity index (χ1v) is 10.0. The first-order valence-electron chi connectivity index (χ1n) is 10.0. The first kappa shape index (κ1) is 22.7. The zero-order valence-corrected chi connectivity index (χ0v) is 19.0. The Morgan fingerprint density at radius 3 is 2.59 bits per heavy atom. The second-order valence-corrected chi connectivity index (χ2v) is 7.82. The minimum absolute atomic E-state index is 0. The molecule has 1 amide bonds. The SMILES string of the molecule is CN=C(NCC1(OC)CCOCC1)NC1CCN(C(=O)C2CCCC2)C1.I. The highest BCUT2D eigenvalue weighted by molar-refractivity contribution is 14.0. The number of nitrogens with one attached hydrogen (secondary N) is 2. The van der Waals surface area contributed by atoms with Crippen LogP contribution in [0.4, 0.5) is 0 Å². The van der Waals surface area contributed by atoms with Crippen molar-refractivity contribution >= 4 is 35.8 Å². The molecule has 3 aliphatic rings. The van der Waals surface area contributed by atoms with Crippen molar-refractivity contribution in [2.75, 3.05) is 47.0 Å². The number of guanidine groups is 1. The average molecular weight is 494 g/mol. The summed E-state index contributed by atoms with van der Waals surface area (Å²) in [5.74, 6) is 1.41. The maximum absolute atomic E-state index is 12.6. The number of likely N-dealkylation sites (tertiary alicyclic amines) is 1. The van der Waals surface area contributed by atoms with E-state index in [0.29, 0.717) is 12.5 Å². The van der Waals surface area contributed by atoms with E-state index in [4.69, 9.17) is 9.47 Å². The van der Waals surface area contributed by atoms with Gasteiger partial charge >= 0.3 is 0 Å². The van der Waals surface area contributed by atoms with E-state index in [-0.39, 0.29) is 41.5 Å². The summed E-state index contributed by atoms with van der Waals surface area (Å²) in [5, 5.41) is 6.89. The number of halogens is 1. The van der Waals surface area contributed by atoms with Crippen LogP contribution in [0.5, 0.6) is 0 Å². The Balaban J connectivity index is 0.00000261. The number of nitrogens with zero attached hydrogens (tertiary/aromatic N) is 2. The maximum atomic E-state index is 12.6. The molecule has 3 rings (SSSR count). The van der Waals surface area contributed by atoms with Crippen molar-refractivity contribution in [2.24, 2.45) is 10.9 Å². The lowest BCUT2D eigenvalue weighted by atomic mass is 9.94. The van der Waals surface area contributed by atoms with Gasteiger partial charge in [0.1, 0.15) is 0 Å². The van der Waals surface area contributed by atoms with Crippen LogP contribution in [0.2, 0.25) is 0 Å². The van der Waals surface area contributed by atoms with Gasteiger partial charge in [-0.2, -0.15) is 0 Å². The number of aliphatic imine (C=N–C) groups is 1. The molecule has 2 N–H and O–H groups in total. The summed E-state index contributed by atoms with van der Waals surface area (Å²) < 4.78 is 11.2. The summed E-state index contributed by atoms with van der Waals surface area (Å²) in [6.07, 6.45) is 7.30. The van der Waals surface area contributed by atoms with Gasteiger partial charge in [0.15, 0.2) is 5.96 Å². The molecule has 0 bridgehead atoms. The molecule has 2 aliphatic heterocycles. The Kier molecular flexibility index (Phi) is 9.07. The summed E-state index contributed by atoms with van der Waals surface area (Å²) in [7, 11) is 3.56. The van der Waals surface area contributed by atoms with E-state index in [0.717, 1.165) is 64.4 Å². The van der Waals surface area contributed by atoms with Gasteiger partial charge in [0.2, 0.25) is 5.91 Å². The zero-order chi connectivity index (χ0) is 18.4. The van der Waals surface area contributed by atoms with Gasteiger partial charge in [-0.3, -0.25) is 9.79 Å². The summed E-state index contributed by atoms with van der Waals surface area (Å²) in [6, 6.07) is 0.264. The van der Waals surface area contributed by atoms with Crippen LogP contribution >= 0.6 is 24.0 Å². The third kappa shape index (κ3) is 5.93. The molecule has 27 heavy (non-hydrogen) atoms. The third-order valence-corrected chi connectivity index (χ3v) is 6.18. The van der Waals surface area contributed by atoms with Gasteiger partial charge in [0, 0.05) is 71.8 Å². The molecule has 0 radical (unpaired) electrons. The molecule has 0 aromatic carbocycles. The number of methoxy groups -OCH3 is 1. The molecule has 8 heteroatoms. The van der Waals surface area contributed by atoms with E-state index in [1.165, 1.54) is 12.8 Å². The molecule has 156 valence electrons. The number of amides is 1. The third-order valence-electron chi connectivity index (χ3n) is 6.18. The second-order valence-electron chi connectivity index (χ2n) is 7.82. The van der Waals surface area contributed by atoms with Crippen molar-refractivity contribution in [3.63, 3.8) is 0 Å². The van der Waals surface area contributed by atoms with Crippen LogP contribution in [0.15, 0.2) is 4.99 Å². The number of carbonyl (C=O) groups excluding carboxylic acids is 1. The fourth-order valence-corrected chi connectivity index (χ4v) is 4.34. The van der Waals surface area contributed by atoms with Crippen molar-refractivity contribution in [3.05, 3.63) is 0 Å². The minimum Gasteiger partial charge on any atom is -0.381 e. The number of carbonyl (C=O) groups is 1. The zero-order valence-electron chi connectivity index (χ0n) is 16.7. The molecule has 1 atom stereocenters. The van der Waals surface area contributed by atoms with Gasteiger partial charge < -0.3 is 25.0 Å². The predicted octanol–water partition coefficient (Wildman–Crippen LogP) is 1.76. The molecular weight excluding hydrogens is 459 g/mol. The number of rotatable bonds is 5. The Morgan fingerprint density at radius 1 is 1.26 bits per heavy atom. The van der Waals surface area contributed by atoms with Gasteiger partial charge in [0.25, 0.3) is 0 Å². The van der Waals surface area contributed by atoms with Crippen LogP contribution < -0.4 is 10.6 Å². The van der Waals surface area contributed by atoms with Crippen LogP contribution in [-0.2, 0) is 14.3 Å². The number of hydrogen-bond acceptors (Lipinski definition) is 4. The standard InChI is InChI=1S/C19H34N4O3.HI/c1-20-18(21-14-19(25-2)8-11-26-12-9-19)22-16-7-10-23(13-16)17(24)15-5-3-4-6-15;/h15-16H,3-14H2,1-2H3,(H2,20,21,22);1H. The molecule has 0 aromatic heterocycles. The molecule has 7 nitrogen and oxygen atoms in total. The number of hydrogen-bond donors (Lipinski definition) is 2. The Labute approximate surface area is 180 Å². The van der Waals surface area contributed by atoms with Crippen molar-refractivity contribution in [3.8, 4) is 0 Å². The van der Waals surface area contributed by atoms with Gasteiger partial charge in [-0.1, -0.05) is 12.8 Å². The van der Waals surface area contributed by atoms with Gasteiger partial charge in [-0.15, -0.1) is 24.0 Å². The van der Waals surface area contributed by atoms with E-state index >= 15 is 0 Å². The summed E-state index contributed by atoms with van der Waals surface area (Å²) in [4.78, 5) is 19.0. The Hall–Kier alpha value is -0.610. The highest BCUT2D eigenvalue weighted by Gasteiger charge is 2.34. The molecule has 2 saturated heterocycles. The quantitative estimate of drug-likeness (QED) is 0.346. The topological polar surface area (TPSA) is 75.2 Å². The van der Waals surface area contributed by atoms with Crippen LogP contribution in [0.1, 0.15) is 44.9 Å². The van der Waals surface area contributed by atoms with Crippen molar-refractivity contribution < 1.29 is 14.3 Å². The largest absolute Gasteiger partial charge is 0.381 e. The fraction of sp³-hybridized carbons (Fsp3) is 0.895. The Bertz CT molecular complexity index is 505. The lowest BCUT2D eigenvalue weighted by Gasteiger charge is -2.36. The summed E-state index contributed by atoms with van der Waals surface area (Å²) in [6.45, 7) is 3.82. The summed E-state index contributed by atoms with van der Waals surface area (Å²) >= 11 is 0. The first-order chi connectivity index (χ1) is 12.7. The number of ether oxygens (including phenoxy) is 2. The van der Waals surface area contributed by atoms with Gasteiger partial charge in [-0.25, -0.2) is 0 Å². The molecule has 1 unspecified atom stereocenters.